The molecule has 21 heavy (non-hydrogen) atoms. The predicted octanol–water partition coefficient (Wildman–Crippen LogP) is 1.69. The van der Waals surface area contributed by atoms with Gasteiger partial charge >= 0.3 is 0 Å². The lowest BCUT2D eigenvalue weighted by Crippen LogP contribution is -2.41. The summed E-state index contributed by atoms with van der Waals surface area (Å²) in [7, 11) is 0. The Hall–Kier alpha value is -2.47. The molecule has 0 spiro atoms. The third-order valence-corrected chi connectivity index (χ3v) is 3.23. The standard InChI is InChI=1S/C15H16N4O2/c20-15(19-8-10-21-11-9-19)13-6-7-14(18-17-13)16-12-4-2-1-3-5-12/h1-7H,8-11H2,(H,16,18). The van der Waals surface area contributed by atoms with Crippen molar-refractivity contribution >= 4 is 17.4 Å². The number of anilines is 2. The molecule has 6 nitrogen and oxygen atoms in total. The molecule has 0 aliphatic carbocycles. The van der Waals surface area contributed by atoms with Gasteiger partial charge in [-0.25, -0.2) is 0 Å². The fourth-order valence-electron chi connectivity index (χ4n) is 2.11. The normalized spacial score (nSPS) is 14.8. The molecule has 1 amide bonds. The Morgan fingerprint density at radius 1 is 1.05 bits per heavy atom. The number of ether oxygens (including phenoxy) is 1. The van der Waals surface area contributed by atoms with Gasteiger partial charge in [0.1, 0.15) is 0 Å². The van der Waals surface area contributed by atoms with Gasteiger partial charge in [-0.1, -0.05) is 18.2 Å². The first kappa shape index (κ1) is 13.5. The molecule has 1 N–H and O–H groups in total. The Kier molecular flexibility index (Phi) is 4.07. The van der Waals surface area contributed by atoms with E-state index in [1.54, 1.807) is 17.0 Å². The van der Waals surface area contributed by atoms with E-state index in [-0.39, 0.29) is 5.91 Å². The summed E-state index contributed by atoms with van der Waals surface area (Å²) in [4.78, 5) is 14.0. The van der Waals surface area contributed by atoms with Crippen molar-refractivity contribution in [3.8, 4) is 0 Å². The van der Waals surface area contributed by atoms with Gasteiger partial charge in [0, 0.05) is 18.8 Å². The minimum Gasteiger partial charge on any atom is -0.378 e. The number of hydrogen-bond donors (Lipinski definition) is 1. The van der Waals surface area contributed by atoms with E-state index < -0.39 is 0 Å². The number of nitrogens with zero attached hydrogens (tertiary/aromatic N) is 3. The van der Waals surface area contributed by atoms with E-state index in [9.17, 15) is 4.79 Å². The highest BCUT2D eigenvalue weighted by atomic mass is 16.5. The van der Waals surface area contributed by atoms with E-state index in [2.05, 4.69) is 15.5 Å². The van der Waals surface area contributed by atoms with Gasteiger partial charge in [-0.05, 0) is 24.3 Å². The van der Waals surface area contributed by atoms with Gasteiger partial charge in [0.2, 0.25) is 0 Å². The molecule has 1 saturated heterocycles. The first-order valence-electron chi connectivity index (χ1n) is 6.86. The molecule has 0 atom stereocenters. The summed E-state index contributed by atoms with van der Waals surface area (Å²) in [6.07, 6.45) is 0. The SMILES string of the molecule is O=C(c1ccc(Nc2ccccc2)nn1)N1CCOCC1. The Labute approximate surface area is 122 Å². The summed E-state index contributed by atoms with van der Waals surface area (Å²) in [6.45, 7) is 2.36. The van der Waals surface area contributed by atoms with E-state index in [4.69, 9.17) is 4.74 Å². The summed E-state index contributed by atoms with van der Waals surface area (Å²) >= 11 is 0. The van der Waals surface area contributed by atoms with Crippen molar-refractivity contribution in [3.63, 3.8) is 0 Å². The number of rotatable bonds is 3. The average Bonchev–Trinajstić information content (AvgIpc) is 2.57. The highest BCUT2D eigenvalue weighted by Crippen LogP contribution is 2.13. The molecule has 108 valence electrons. The first-order chi connectivity index (χ1) is 10.3. The fourth-order valence-corrected chi connectivity index (χ4v) is 2.11. The number of benzene rings is 1. The molecular formula is C15H16N4O2. The van der Waals surface area contributed by atoms with Crippen LogP contribution in [-0.2, 0) is 4.74 Å². The minimum absolute atomic E-state index is 0.0999. The Balaban J connectivity index is 1.67. The van der Waals surface area contributed by atoms with Gasteiger partial charge in [0.15, 0.2) is 11.5 Å². The highest BCUT2D eigenvalue weighted by molar-refractivity contribution is 5.92. The number of nitrogens with one attached hydrogen (secondary N) is 1. The molecule has 1 aliphatic heterocycles. The molecule has 0 bridgehead atoms. The van der Waals surface area contributed by atoms with Crippen molar-refractivity contribution in [2.24, 2.45) is 0 Å². The van der Waals surface area contributed by atoms with Crippen molar-refractivity contribution in [1.29, 1.82) is 0 Å². The van der Waals surface area contributed by atoms with Crippen molar-refractivity contribution in [3.05, 3.63) is 48.2 Å². The van der Waals surface area contributed by atoms with Crippen molar-refractivity contribution < 1.29 is 9.53 Å². The fraction of sp³-hybridized carbons (Fsp3) is 0.267. The predicted molar refractivity (Wildman–Crippen MR) is 78.5 cm³/mol. The topological polar surface area (TPSA) is 67.4 Å². The Morgan fingerprint density at radius 3 is 2.48 bits per heavy atom. The molecule has 0 saturated carbocycles. The third-order valence-electron chi connectivity index (χ3n) is 3.23. The quantitative estimate of drug-likeness (QED) is 0.929. The van der Waals surface area contributed by atoms with Gasteiger partial charge < -0.3 is 15.0 Å². The number of carbonyl (C=O) groups is 1. The van der Waals surface area contributed by atoms with Crippen LogP contribution in [0.5, 0.6) is 0 Å². The number of amides is 1. The molecule has 1 fully saturated rings. The molecular weight excluding hydrogens is 268 g/mol. The van der Waals surface area contributed by atoms with Crippen molar-refractivity contribution in [1.82, 2.24) is 15.1 Å². The van der Waals surface area contributed by atoms with Gasteiger partial charge in [-0.15, -0.1) is 10.2 Å². The van der Waals surface area contributed by atoms with Gasteiger partial charge in [0.05, 0.1) is 13.2 Å². The Bertz CT molecular complexity index is 595. The van der Waals surface area contributed by atoms with Crippen LogP contribution < -0.4 is 5.32 Å². The van der Waals surface area contributed by atoms with Crippen molar-refractivity contribution in [2.75, 3.05) is 31.6 Å². The van der Waals surface area contributed by atoms with E-state index in [0.29, 0.717) is 37.8 Å². The van der Waals surface area contributed by atoms with Crippen LogP contribution in [0.15, 0.2) is 42.5 Å². The molecule has 3 rings (SSSR count). The zero-order chi connectivity index (χ0) is 14.5. The second-order valence-electron chi connectivity index (χ2n) is 4.70. The second kappa shape index (κ2) is 6.32. The van der Waals surface area contributed by atoms with E-state index in [1.165, 1.54) is 0 Å². The minimum atomic E-state index is -0.0999. The van der Waals surface area contributed by atoms with Crippen LogP contribution >= 0.6 is 0 Å². The number of hydrogen-bond acceptors (Lipinski definition) is 5. The van der Waals surface area contributed by atoms with Crippen molar-refractivity contribution in [2.45, 2.75) is 0 Å². The monoisotopic (exact) mass is 284 g/mol. The van der Waals surface area contributed by atoms with E-state index in [1.807, 2.05) is 30.3 Å². The molecule has 0 unspecified atom stereocenters. The van der Waals surface area contributed by atoms with Crippen LogP contribution in [0, 0.1) is 0 Å². The zero-order valence-electron chi connectivity index (χ0n) is 11.5. The molecule has 1 aromatic carbocycles. The van der Waals surface area contributed by atoms with Crippen LogP contribution in [0.4, 0.5) is 11.5 Å². The van der Waals surface area contributed by atoms with E-state index >= 15 is 0 Å². The highest BCUT2D eigenvalue weighted by Gasteiger charge is 2.19. The molecule has 0 radical (unpaired) electrons. The number of para-hydroxylation sites is 1. The summed E-state index contributed by atoms with van der Waals surface area (Å²) in [5, 5.41) is 11.2. The lowest BCUT2D eigenvalue weighted by atomic mass is 10.3. The first-order valence-corrected chi connectivity index (χ1v) is 6.86. The van der Waals surface area contributed by atoms with Gasteiger partial charge in [-0.2, -0.15) is 0 Å². The summed E-state index contributed by atoms with van der Waals surface area (Å²) in [6, 6.07) is 13.1. The van der Waals surface area contributed by atoms with Crippen LogP contribution in [0.2, 0.25) is 0 Å². The lowest BCUT2D eigenvalue weighted by molar-refractivity contribution is 0.0298. The molecule has 2 heterocycles. The number of morpholine rings is 1. The summed E-state index contributed by atoms with van der Waals surface area (Å²) in [5.74, 6) is 0.511. The van der Waals surface area contributed by atoms with Gasteiger partial charge in [-0.3, -0.25) is 4.79 Å². The third kappa shape index (κ3) is 3.35. The van der Waals surface area contributed by atoms with Crippen LogP contribution in [0.25, 0.3) is 0 Å². The zero-order valence-corrected chi connectivity index (χ0v) is 11.5. The second-order valence-corrected chi connectivity index (χ2v) is 4.70. The molecule has 2 aromatic rings. The maximum Gasteiger partial charge on any atom is 0.274 e. The number of carbonyl (C=O) groups excluding carboxylic acids is 1. The van der Waals surface area contributed by atoms with Crippen LogP contribution in [0.1, 0.15) is 10.5 Å². The maximum atomic E-state index is 12.2. The largest absolute Gasteiger partial charge is 0.378 e. The average molecular weight is 284 g/mol. The van der Waals surface area contributed by atoms with Crippen LogP contribution in [-0.4, -0.2) is 47.3 Å². The maximum absolute atomic E-state index is 12.2. The molecule has 1 aliphatic rings. The van der Waals surface area contributed by atoms with Crippen LogP contribution in [0.3, 0.4) is 0 Å². The summed E-state index contributed by atoms with van der Waals surface area (Å²) < 4.78 is 5.23. The van der Waals surface area contributed by atoms with Gasteiger partial charge in [0.25, 0.3) is 5.91 Å². The smallest absolute Gasteiger partial charge is 0.274 e. The molecule has 6 heteroatoms. The molecule has 1 aromatic heterocycles. The summed E-state index contributed by atoms with van der Waals surface area (Å²) in [5.41, 5.74) is 1.29. The van der Waals surface area contributed by atoms with E-state index in [0.717, 1.165) is 5.69 Å². The Morgan fingerprint density at radius 2 is 1.81 bits per heavy atom. The number of aromatic nitrogens is 2. The lowest BCUT2D eigenvalue weighted by Gasteiger charge is -2.26.